The number of aromatic nitrogens is 4. The number of hydrogen-bond donors (Lipinski definition) is 2. The fraction of sp³-hybridized carbons (Fsp3) is 0.400. The van der Waals surface area contributed by atoms with Gasteiger partial charge in [0.1, 0.15) is 11.5 Å². The molecule has 4 rings (SSSR count). The summed E-state index contributed by atoms with van der Waals surface area (Å²) in [5.41, 5.74) is 8.00. The third-order valence-electron chi connectivity index (χ3n) is 5.13. The van der Waals surface area contributed by atoms with Crippen molar-refractivity contribution >= 4 is 23.3 Å². The minimum absolute atomic E-state index is 0.0115. The number of carboxylic acid groups (broad SMARTS) is 1. The number of fused-ring (bicyclic) bond motifs is 1. The summed E-state index contributed by atoms with van der Waals surface area (Å²) in [4.78, 5) is 28.5. The van der Waals surface area contributed by atoms with Gasteiger partial charge < -0.3 is 24.9 Å². The Labute approximate surface area is 186 Å². The zero-order chi connectivity index (χ0) is 24.3. The Kier molecular flexibility index (Phi) is 6.91. The van der Waals surface area contributed by atoms with Crippen molar-refractivity contribution in [1.29, 1.82) is 0 Å². The second kappa shape index (κ2) is 9.48. The molecule has 3 aromatic rings. The van der Waals surface area contributed by atoms with Gasteiger partial charge in [-0.3, -0.25) is 9.48 Å². The molecular weight excluding hydrogens is 445 g/mol. The maximum absolute atomic E-state index is 13.3. The van der Waals surface area contributed by atoms with Crippen LogP contribution >= 0.6 is 0 Å². The number of nitrogens with two attached hydrogens (primary N) is 1. The van der Waals surface area contributed by atoms with Crippen LogP contribution in [0, 0.1) is 6.92 Å². The molecule has 1 aliphatic rings. The van der Waals surface area contributed by atoms with E-state index in [0.717, 1.165) is 12.0 Å². The van der Waals surface area contributed by atoms with E-state index in [4.69, 9.17) is 20.4 Å². The minimum atomic E-state index is -5.08. The van der Waals surface area contributed by atoms with Crippen LogP contribution in [-0.4, -0.2) is 73.0 Å². The van der Waals surface area contributed by atoms with E-state index in [1.165, 1.54) is 0 Å². The fourth-order valence-electron chi connectivity index (χ4n) is 3.65. The SMILES string of the molecule is CO[C@@H]1C[C@@H](Cn2ccc(N)n2)N(C(=O)c2cc(C)cn3ccnc23)C1.O=C(O)C(F)(F)F. The second-order valence-electron chi connectivity index (χ2n) is 7.56. The molecule has 3 N–H and O–H groups in total. The van der Waals surface area contributed by atoms with E-state index in [-0.39, 0.29) is 18.1 Å². The van der Waals surface area contributed by atoms with Crippen molar-refractivity contribution in [3.05, 3.63) is 48.0 Å². The van der Waals surface area contributed by atoms with E-state index >= 15 is 0 Å². The van der Waals surface area contributed by atoms with Crippen LogP contribution in [0.3, 0.4) is 0 Å². The van der Waals surface area contributed by atoms with Crippen LogP contribution in [0.5, 0.6) is 0 Å². The lowest BCUT2D eigenvalue weighted by Crippen LogP contribution is -2.38. The Morgan fingerprint density at radius 2 is 2.03 bits per heavy atom. The Bertz CT molecular complexity index is 1140. The highest BCUT2D eigenvalue weighted by atomic mass is 19.4. The highest BCUT2D eigenvalue weighted by Gasteiger charge is 2.38. The maximum Gasteiger partial charge on any atom is 0.490 e. The number of hydrogen-bond acceptors (Lipinski definition) is 6. The number of pyridine rings is 1. The number of rotatable bonds is 4. The average Bonchev–Trinajstić information content (AvgIpc) is 3.46. The number of methoxy groups -OCH3 is 1. The van der Waals surface area contributed by atoms with E-state index in [9.17, 15) is 18.0 Å². The van der Waals surface area contributed by atoms with Gasteiger partial charge in [0.05, 0.1) is 24.3 Å². The molecule has 33 heavy (non-hydrogen) atoms. The van der Waals surface area contributed by atoms with Crippen LogP contribution in [0.1, 0.15) is 22.3 Å². The number of carbonyl (C=O) groups excluding carboxylic acids is 1. The summed E-state index contributed by atoms with van der Waals surface area (Å²) < 4.78 is 40.9. The molecule has 10 nitrogen and oxygen atoms in total. The number of halogens is 3. The number of imidazole rings is 1. The Hall–Kier alpha value is -3.61. The Morgan fingerprint density at radius 1 is 1.33 bits per heavy atom. The fourth-order valence-corrected chi connectivity index (χ4v) is 3.65. The average molecular weight is 468 g/mol. The predicted molar refractivity (Wildman–Crippen MR) is 110 cm³/mol. The van der Waals surface area contributed by atoms with Crippen molar-refractivity contribution in [1.82, 2.24) is 24.1 Å². The molecule has 0 bridgehead atoms. The van der Waals surface area contributed by atoms with E-state index < -0.39 is 12.1 Å². The lowest BCUT2D eigenvalue weighted by Gasteiger charge is -2.24. The van der Waals surface area contributed by atoms with Gasteiger partial charge in [0.25, 0.3) is 5.91 Å². The molecule has 2 atom stereocenters. The molecular formula is C20H23F3N6O4. The number of ether oxygens (including phenoxy) is 1. The molecule has 0 unspecified atom stereocenters. The number of alkyl halides is 3. The standard InChI is InChI=1S/C18H22N6O2.C2HF3O2/c1-12-7-15(17-20-4-6-22(17)9-12)18(25)24-11-14(26-2)8-13(24)10-23-5-3-16(19)21-23;3-2(4,5)1(6)7/h3-7,9,13-14H,8,10-11H2,1-2H3,(H2,19,21);(H,6,7)/t13-,14+;/m0./s1. The number of amides is 1. The summed E-state index contributed by atoms with van der Waals surface area (Å²) in [6, 6.07) is 3.64. The maximum atomic E-state index is 13.3. The first-order chi connectivity index (χ1) is 15.5. The van der Waals surface area contributed by atoms with E-state index in [0.29, 0.717) is 30.1 Å². The van der Waals surface area contributed by atoms with Crippen molar-refractivity contribution < 1.29 is 32.6 Å². The number of nitrogen functional groups attached to an aromatic ring is 1. The smallest absolute Gasteiger partial charge is 0.475 e. The summed E-state index contributed by atoms with van der Waals surface area (Å²) in [6.07, 6.45) is 3.04. The summed E-state index contributed by atoms with van der Waals surface area (Å²) in [6.45, 7) is 3.11. The lowest BCUT2D eigenvalue weighted by atomic mass is 10.1. The highest BCUT2D eigenvalue weighted by Crippen LogP contribution is 2.25. The van der Waals surface area contributed by atoms with Gasteiger partial charge in [-0.15, -0.1) is 0 Å². The topological polar surface area (TPSA) is 128 Å². The van der Waals surface area contributed by atoms with Crippen molar-refractivity contribution in [3.63, 3.8) is 0 Å². The number of carboxylic acids is 1. The van der Waals surface area contributed by atoms with Gasteiger partial charge in [-0.25, -0.2) is 9.78 Å². The first kappa shape index (κ1) is 24.0. The third kappa shape index (κ3) is 5.61. The molecule has 0 spiro atoms. The molecule has 0 saturated carbocycles. The summed E-state index contributed by atoms with van der Waals surface area (Å²) >= 11 is 0. The van der Waals surface area contributed by atoms with Crippen molar-refractivity contribution in [2.24, 2.45) is 0 Å². The number of aliphatic carboxylic acids is 1. The monoisotopic (exact) mass is 468 g/mol. The molecule has 178 valence electrons. The predicted octanol–water partition coefficient (Wildman–Crippen LogP) is 1.98. The first-order valence-electron chi connectivity index (χ1n) is 9.85. The number of carbonyl (C=O) groups is 2. The Morgan fingerprint density at radius 3 is 2.61 bits per heavy atom. The number of likely N-dealkylation sites (tertiary alicyclic amines) is 1. The third-order valence-corrected chi connectivity index (χ3v) is 5.13. The van der Waals surface area contributed by atoms with E-state index in [1.54, 1.807) is 24.1 Å². The van der Waals surface area contributed by atoms with Crippen molar-refractivity contribution in [2.45, 2.75) is 38.2 Å². The summed E-state index contributed by atoms with van der Waals surface area (Å²) in [7, 11) is 1.68. The van der Waals surface area contributed by atoms with Crippen molar-refractivity contribution in [3.8, 4) is 0 Å². The molecule has 1 amide bonds. The van der Waals surface area contributed by atoms with Crippen LogP contribution in [0.25, 0.3) is 5.65 Å². The van der Waals surface area contributed by atoms with Crippen LogP contribution < -0.4 is 5.73 Å². The summed E-state index contributed by atoms with van der Waals surface area (Å²) in [5, 5.41) is 11.4. The van der Waals surface area contributed by atoms with Gasteiger partial charge in [0.2, 0.25) is 0 Å². The van der Waals surface area contributed by atoms with Gasteiger partial charge in [-0.05, 0) is 31.0 Å². The molecule has 13 heteroatoms. The van der Waals surface area contributed by atoms with E-state index in [2.05, 4.69) is 10.1 Å². The largest absolute Gasteiger partial charge is 0.490 e. The van der Waals surface area contributed by atoms with Gasteiger partial charge in [0, 0.05) is 38.4 Å². The summed E-state index contributed by atoms with van der Waals surface area (Å²) in [5.74, 6) is -2.32. The zero-order valence-corrected chi connectivity index (χ0v) is 17.9. The quantitative estimate of drug-likeness (QED) is 0.599. The van der Waals surface area contributed by atoms with Crippen molar-refractivity contribution in [2.75, 3.05) is 19.4 Å². The van der Waals surface area contributed by atoms with Crippen LogP contribution in [0.4, 0.5) is 19.0 Å². The molecule has 1 saturated heterocycles. The molecule has 1 aliphatic heterocycles. The molecule has 3 aromatic heterocycles. The number of nitrogens with zero attached hydrogens (tertiary/aromatic N) is 5. The Balaban J connectivity index is 0.000000383. The molecule has 0 radical (unpaired) electrons. The normalized spacial score (nSPS) is 18.3. The lowest BCUT2D eigenvalue weighted by molar-refractivity contribution is -0.192. The van der Waals surface area contributed by atoms with Gasteiger partial charge in [-0.1, -0.05) is 0 Å². The molecule has 1 fully saturated rings. The second-order valence-corrected chi connectivity index (χ2v) is 7.56. The zero-order valence-electron chi connectivity index (χ0n) is 17.9. The number of aryl methyl sites for hydroxylation is 1. The van der Waals surface area contributed by atoms with Crippen LogP contribution in [0.15, 0.2) is 36.9 Å². The van der Waals surface area contributed by atoms with Gasteiger partial charge in [-0.2, -0.15) is 18.3 Å². The first-order valence-corrected chi connectivity index (χ1v) is 9.85. The highest BCUT2D eigenvalue weighted by molar-refractivity contribution is 6.00. The van der Waals surface area contributed by atoms with Crippen LogP contribution in [0.2, 0.25) is 0 Å². The number of anilines is 1. The molecule has 4 heterocycles. The minimum Gasteiger partial charge on any atom is -0.475 e. The van der Waals surface area contributed by atoms with Crippen LogP contribution in [-0.2, 0) is 16.1 Å². The van der Waals surface area contributed by atoms with Gasteiger partial charge >= 0.3 is 12.1 Å². The molecule has 0 aliphatic carbocycles. The molecule has 0 aromatic carbocycles. The van der Waals surface area contributed by atoms with Gasteiger partial charge in [0.15, 0.2) is 0 Å². The van der Waals surface area contributed by atoms with E-state index in [1.807, 2.05) is 40.9 Å².